The second kappa shape index (κ2) is 6.88. The molecular weight excluding hydrogens is 344 g/mol. The van der Waals surface area contributed by atoms with E-state index < -0.39 is 5.97 Å². The number of benzene rings is 1. The summed E-state index contributed by atoms with van der Waals surface area (Å²) in [5.74, 6) is -0.505. The summed E-state index contributed by atoms with van der Waals surface area (Å²) in [7, 11) is 0. The molecule has 0 amide bonds. The zero-order valence-electron chi connectivity index (χ0n) is 14.3. The second-order valence-electron chi connectivity index (χ2n) is 6.41. The monoisotopic (exact) mass is 360 g/mol. The lowest BCUT2D eigenvalue weighted by molar-refractivity contribution is -0.137. The molecule has 0 saturated carbocycles. The Hall–Kier alpha value is -3.73. The van der Waals surface area contributed by atoms with Crippen LogP contribution in [0.15, 0.2) is 42.9 Å². The molecule has 0 spiro atoms. The van der Waals surface area contributed by atoms with Gasteiger partial charge in [-0.05, 0) is 24.0 Å². The molecule has 134 valence electrons. The quantitative estimate of drug-likeness (QED) is 0.713. The highest BCUT2D eigenvalue weighted by molar-refractivity contribution is 5.69. The van der Waals surface area contributed by atoms with Gasteiger partial charge in [0.2, 0.25) is 5.95 Å². The molecule has 8 heteroatoms. The number of hydrogen-bond acceptors (Lipinski definition) is 6. The van der Waals surface area contributed by atoms with Crippen molar-refractivity contribution < 1.29 is 9.90 Å². The molecule has 0 atom stereocenters. The molecule has 0 bridgehead atoms. The molecule has 27 heavy (non-hydrogen) atoms. The van der Waals surface area contributed by atoms with Crippen molar-refractivity contribution in [3.63, 3.8) is 0 Å². The number of hydrogen-bond donors (Lipinski definition) is 2. The minimum atomic E-state index is -1.03. The topological polar surface area (TPSA) is 117 Å². The van der Waals surface area contributed by atoms with Gasteiger partial charge in [0.25, 0.3) is 0 Å². The van der Waals surface area contributed by atoms with Gasteiger partial charge in [0.1, 0.15) is 12.6 Å². The van der Waals surface area contributed by atoms with Crippen molar-refractivity contribution in [3.8, 4) is 17.2 Å². The summed E-state index contributed by atoms with van der Waals surface area (Å²) in [6.07, 6.45) is 6.61. The van der Waals surface area contributed by atoms with E-state index in [0.717, 1.165) is 12.8 Å². The van der Waals surface area contributed by atoms with E-state index >= 15 is 0 Å². The number of nitriles is 1. The summed E-state index contributed by atoms with van der Waals surface area (Å²) in [5, 5.41) is 25.4. The van der Waals surface area contributed by atoms with Crippen LogP contribution in [0.2, 0.25) is 0 Å². The van der Waals surface area contributed by atoms with Crippen LogP contribution in [0.1, 0.15) is 16.8 Å². The van der Waals surface area contributed by atoms with Gasteiger partial charge >= 0.3 is 5.97 Å². The predicted molar refractivity (Wildman–Crippen MR) is 96.9 cm³/mol. The fourth-order valence-corrected chi connectivity index (χ4v) is 3.32. The Kier molecular flexibility index (Phi) is 4.26. The highest BCUT2D eigenvalue weighted by Crippen LogP contribution is 2.25. The summed E-state index contributed by atoms with van der Waals surface area (Å²) < 4.78 is 1.22. The Balaban J connectivity index is 1.49. The molecule has 2 aromatic heterocycles. The van der Waals surface area contributed by atoms with Crippen LogP contribution >= 0.6 is 0 Å². The summed E-state index contributed by atoms with van der Waals surface area (Å²) in [4.78, 5) is 19.5. The first kappa shape index (κ1) is 16.7. The number of carboxylic acids is 1. The Morgan fingerprint density at radius 3 is 2.52 bits per heavy atom. The molecule has 1 aliphatic carbocycles. The average molecular weight is 360 g/mol. The van der Waals surface area contributed by atoms with Crippen molar-refractivity contribution in [1.82, 2.24) is 19.7 Å². The van der Waals surface area contributed by atoms with Crippen molar-refractivity contribution in [2.45, 2.75) is 25.4 Å². The molecule has 0 radical (unpaired) electrons. The number of carboxylic acid groups (broad SMARTS) is 1. The van der Waals surface area contributed by atoms with Crippen LogP contribution in [0, 0.1) is 11.3 Å². The Morgan fingerprint density at radius 2 is 1.93 bits per heavy atom. The van der Waals surface area contributed by atoms with E-state index in [0.29, 0.717) is 17.1 Å². The third kappa shape index (κ3) is 3.48. The van der Waals surface area contributed by atoms with E-state index in [1.165, 1.54) is 22.0 Å². The van der Waals surface area contributed by atoms with Crippen LogP contribution in [0.25, 0.3) is 11.1 Å². The van der Waals surface area contributed by atoms with Gasteiger partial charge < -0.3 is 10.4 Å². The summed E-state index contributed by atoms with van der Waals surface area (Å²) >= 11 is 0. The number of rotatable bonds is 5. The molecule has 0 unspecified atom stereocenters. The van der Waals surface area contributed by atoms with Crippen LogP contribution in [0.5, 0.6) is 0 Å². The average Bonchev–Trinajstić information content (AvgIpc) is 3.25. The van der Waals surface area contributed by atoms with E-state index in [9.17, 15) is 10.1 Å². The highest BCUT2D eigenvalue weighted by atomic mass is 16.4. The van der Waals surface area contributed by atoms with Crippen LogP contribution in [-0.2, 0) is 24.2 Å². The first-order valence-electron chi connectivity index (χ1n) is 8.47. The van der Waals surface area contributed by atoms with Crippen molar-refractivity contribution >= 4 is 11.9 Å². The van der Waals surface area contributed by atoms with Crippen LogP contribution in [0.3, 0.4) is 0 Å². The van der Waals surface area contributed by atoms with Gasteiger partial charge in [-0.15, -0.1) is 0 Å². The first-order valence-corrected chi connectivity index (χ1v) is 8.47. The normalized spacial score (nSPS) is 13.1. The van der Waals surface area contributed by atoms with Crippen LogP contribution in [0.4, 0.5) is 5.95 Å². The van der Waals surface area contributed by atoms with E-state index in [2.05, 4.69) is 32.5 Å². The van der Waals surface area contributed by atoms with Crippen molar-refractivity contribution in [2.24, 2.45) is 0 Å². The maximum absolute atomic E-state index is 10.8. The zero-order chi connectivity index (χ0) is 18.8. The van der Waals surface area contributed by atoms with E-state index in [1.54, 1.807) is 12.4 Å². The van der Waals surface area contributed by atoms with Gasteiger partial charge in [0, 0.05) is 35.8 Å². The molecule has 4 rings (SSSR count). The first-order chi connectivity index (χ1) is 13.1. The second-order valence-corrected chi connectivity index (χ2v) is 6.41. The standard InChI is InChI=1S/C19H16N6O2/c20-7-17-16(10-25(24-17)11-18(26)27)14-8-21-19(22-9-14)23-15-5-12-3-1-2-4-13(12)6-15/h1-4,8-10,15H,5-6,11H2,(H,26,27)(H,21,22,23). The number of aromatic nitrogens is 4. The molecule has 0 fully saturated rings. The smallest absolute Gasteiger partial charge is 0.325 e. The summed E-state index contributed by atoms with van der Waals surface area (Å²) in [6.45, 7) is -0.308. The summed E-state index contributed by atoms with van der Waals surface area (Å²) in [6, 6.07) is 10.6. The fraction of sp³-hybridized carbons (Fsp3) is 0.211. The van der Waals surface area contributed by atoms with Gasteiger partial charge in [0.05, 0.1) is 0 Å². The third-order valence-electron chi connectivity index (χ3n) is 4.51. The molecule has 2 heterocycles. The lowest BCUT2D eigenvalue weighted by Gasteiger charge is -2.11. The third-order valence-corrected chi connectivity index (χ3v) is 4.51. The van der Waals surface area contributed by atoms with Crippen LogP contribution < -0.4 is 5.32 Å². The Labute approximate surface area is 155 Å². The number of fused-ring (bicyclic) bond motifs is 1. The number of anilines is 1. The SMILES string of the molecule is N#Cc1nn(CC(=O)O)cc1-c1cnc(NC2Cc3ccccc3C2)nc1. The maximum atomic E-state index is 10.8. The fourth-order valence-electron chi connectivity index (χ4n) is 3.32. The number of nitrogens with one attached hydrogen (secondary N) is 1. The highest BCUT2D eigenvalue weighted by Gasteiger charge is 2.21. The number of carbonyl (C=O) groups is 1. The predicted octanol–water partition coefficient (Wildman–Crippen LogP) is 1.88. The largest absolute Gasteiger partial charge is 0.480 e. The minimum absolute atomic E-state index is 0.145. The van der Waals surface area contributed by atoms with E-state index in [-0.39, 0.29) is 18.3 Å². The molecule has 1 aliphatic rings. The lowest BCUT2D eigenvalue weighted by atomic mass is 10.1. The van der Waals surface area contributed by atoms with Crippen molar-refractivity contribution in [2.75, 3.05) is 5.32 Å². The van der Waals surface area contributed by atoms with Gasteiger partial charge in [-0.1, -0.05) is 24.3 Å². The number of aliphatic carboxylic acids is 1. The molecule has 3 aromatic rings. The van der Waals surface area contributed by atoms with Gasteiger partial charge in [-0.25, -0.2) is 9.97 Å². The number of nitrogens with zero attached hydrogens (tertiary/aromatic N) is 5. The molecular formula is C19H16N6O2. The zero-order valence-corrected chi connectivity index (χ0v) is 14.3. The van der Waals surface area contributed by atoms with Crippen molar-refractivity contribution in [3.05, 3.63) is 59.7 Å². The maximum Gasteiger partial charge on any atom is 0.325 e. The molecule has 1 aromatic carbocycles. The van der Waals surface area contributed by atoms with E-state index in [1.807, 2.05) is 18.2 Å². The summed E-state index contributed by atoms with van der Waals surface area (Å²) in [5.41, 5.74) is 3.96. The van der Waals surface area contributed by atoms with Gasteiger partial charge in [0.15, 0.2) is 5.69 Å². The Morgan fingerprint density at radius 1 is 1.26 bits per heavy atom. The van der Waals surface area contributed by atoms with E-state index in [4.69, 9.17) is 5.11 Å². The van der Waals surface area contributed by atoms with Crippen molar-refractivity contribution in [1.29, 1.82) is 5.26 Å². The Bertz CT molecular complexity index is 1010. The molecule has 0 aliphatic heterocycles. The lowest BCUT2D eigenvalue weighted by Crippen LogP contribution is -2.20. The van der Waals surface area contributed by atoms with Crippen LogP contribution in [-0.4, -0.2) is 36.9 Å². The minimum Gasteiger partial charge on any atom is -0.480 e. The van der Waals surface area contributed by atoms with Gasteiger partial charge in [-0.3, -0.25) is 9.48 Å². The molecule has 8 nitrogen and oxygen atoms in total. The molecule has 0 saturated heterocycles. The van der Waals surface area contributed by atoms with Gasteiger partial charge in [-0.2, -0.15) is 10.4 Å². The molecule has 2 N–H and O–H groups in total.